The van der Waals surface area contributed by atoms with Crippen molar-refractivity contribution in [2.45, 2.75) is 0 Å². The summed E-state index contributed by atoms with van der Waals surface area (Å²) in [6.07, 6.45) is 0. The number of rotatable bonds is 2. The first kappa shape index (κ1) is 12.7. The van der Waals surface area contributed by atoms with Gasteiger partial charge < -0.3 is 10.6 Å². The van der Waals surface area contributed by atoms with Gasteiger partial charge in [-0.05, 0) is 30.3 Å². The minimum Gasteiger partial charge on any atom is -0.369 e. The Labute approximate surface area is 112 Å². The molecule has 2 aromatic carbocycles. The second kappa shape index (κ2) is 5.69. The van der Waals surface area contributed by atoms with Crippen molar-refractivity contribution in [3.63, 3.8) is 0 Å². The zero-order valence-electron chi connectivity index (χ0n) is 10.6. The van der Waals surface area contributed by atoms with Crippen LogP contribution in [0, 0.1) is 11.3 Å². The lowest BCUT2D eigenvalue weighted by Crippen LogP contribution is -2.33. The quantitative estimate of drug-likeness (QED) is 0.658. The van der Waals surface area contributed by atoms with Crippen molar-refractivity contribution in [1.29, 1.82) is 5.26 Å². The molecule has 0 bridgehead atoms. The van der Waals surface area contributed by atoms with Crippen LogP contribution >= 0.6 is 0 Å². The van der Waals surface area contributed by atoms with Gasteiger partial charge in [0.2, 0.25) is 5.96 Å². The fourth-order valence-corrected chi connectivity index (χ4v) is 1.63. The summed E-state index contributed by atoms with van der Waals surface area (Å²) in [6, 6.07) is 18.8. The number of para-hydroxylation sites is 1. The Morgan fingerprint density at radius 1 is 1.16 bits per heavy atom. The van der Waals surface area contributed by atoms with Gasteiger partial charge in [0.1, 0.15) is 0 Å². The highest BCUT2D eigenvalue weighted by molar-refractivity contribution is 5.96. The number of aliphatic imine (C=N–C) groups is 1. The van der Waals surface area contributed by atoms with Gasteiger partial charge in [-0.25, -0.2) is 4.99 Å². The number of nitrogens with zero attached hydrogens (tertiary/aromatic N) is 3. The lowest BCUT2D eigenvalue weighted by molar-refractivity contribution is 1.22. The van der Waals surface area contributed by atoms with Gasteiger partial charge in [-0.1, -0.05) is 24.3 Å². The van der Waals surface area contributed by atoms with Crippen LogP contribution in [-0.4, -0.2) is 13.0 Å². The molecule has 0 aliphatic rings. The van der Waals surface area contributed by atoms with Crippen molar-refractivity contribution in [3.05, 3.63) is 60.2 Å². The molecule has 0 aliphatic heterocycles. The van der Waals surface area contributed by atoms with Gasteiger partial charge in [-0.15, -0.1) is 0 Å². The Morgan fingerprint density at radius 2 is 1.89 bits per heavy atom. The molecule has 94 valence electrons. The van der Waals surface area contributed by atoms with E-state index in [1.54, 1.807) is 17.0 Å². The molecule has 0 amide bonds. The average molecular weight is 250 g/mol. The van der Waals surface area contributed by atoms with Crippen LogP contribution in [0.25, 0.3) is 0 Å². The maximum atomic E-state index is 8.89. The maximum absolute atomic E-state index is 8.89. The minimum absolute atomic E-state index is 0.376. The highest BCUT2D eigenvalue weighted by Crippen LogP contribution is 2.16. The predicted octanol–water partition coefficient (Wildman–Crippen LogP) is 2.64. The normalized spacial score (nSPS) is 10.8. The second-order valence-corrected chi connectivity index (χ2v) is 4.03. The maximum Gasteiger partial charge on any atom is 0.200 e. The van der Waals surface area contributed by atoms with Crippen molar-refractivity contribution in [3.8, 4) is 6.07 Å². The average Bonchev–Trinajstić information content (AvgIpc) is 2.47. The van der Waals surface area contributed by atoms with Gasteiger partial charge in [0.15, 0.2) is 0 Å². The van der Waals surface area contributed by atoms with E-state index in [1.807, 2.05) is 49.5 Å². The van der Waals surface area contributed by atoms with Crippen molar-refractivity contribution in [1.82, 2.24) is 0 Å². The molecule has 0 aromatic heterocycles. The largest absolute Gasteiger partial charge is 0.369 e. The molecule has 2 N–H and O–H groups in total. The highest BCUT2D eigenvalue weighted by Gasteiger charge is 2.05. The molecule has 0 radical (unpaired) electrons. The molecule has 0 spiro atoms. The molecule has 0 saturated carbocycles. The molecule has 2 aromatic rings. The SMILES string of the molecule is CN(C(N)=Nc1ccccc1)c1cccc(C#N)c1. The van der Waals surface area contributed by atoms with E-state index in [0.717, 1.165) is 11.4 Å². The molecule has 0 unspecified atom stereocenters. The van der Waals surface area contributed by atoms with E-state index in [9.17, 15) is 0 Å². The smallest absolute Gasteiger partial charge is 0.200 e. The van der Waals surface area contributed by atoms with Crippen molar-refractivity contribution in [2.75, 3.05) is 11.9 Å². The number of guanidine groups is 1. The van der Waals surface area contributed by atoms with E-state index >= 15 is 0 Å². The molecule has 4 nitrogen and oxygen atoms in total. The first-order valence-corrected chi connectivity index (χ1v) is 5.84. The Balaban J connectivity index is 2.26. The molecule has 0 saturated heterocycles. The lowest BCUT2D eigenvalue weighted by atomic mass is 10.2. The van der Waals surface area contributed by atoms with E-state index in [1.165, 1.54) is 0 Å². The van der Waals surface area contributed by atoms with Gasteiger partial charge in [-0.3, -0.25) is 0 Å². The second-order valence-electron chi connectivity index (χ2n) is 4.03. The number of anilines is 1. The van der Waals surface area contributed by atoms with E-state index in [2.05, 4.69) is 11.1 Å². The topological polar surface area (TPSA) is 65.4 Å². The van der Waals surface area contributed by atoms with Crippen LogP contribution in [0.4, 0.5) is 11.4 Å². The fraction of sp³-hybridized carbons (Fsp3) is 0.0667. The zero-order valence-corrected chi connectivity index (χ0v) is 10.6. The number of benzene rings is 2. The minimum atomic E-state index is 0.376. The number of hydrogen-bond donors (Lipinski definition) is 1. The predicted molar refractivity (Wildman–Crippen MR) is 77.3 cm³/mol. The summed E-state index contributed by atoms with van der Waals surface area (Å²) in [4.78, 5) is 6.07. The first-order chi connectivity index (χ1) is 9.20. The van der Waals surface area contributed by atoms with Gasteiger partial charge in [0, 0.05) is 12.7 Å². The Bertz CT molecular complexity index is 626. The van der Waals surface area contributed by atoms with Crippen molar-refractivity contribution >= 4 is 17.3 Å². The standard InChI is InChI=1S/C15H14N4/c1-19(14-9-5-6-12(10-14)11-16)15(17)18-13-7-3-2-4-8-13/h2-10H,1H3,(H2,17,18). The highest BCUT2D eigenvalue weighted by atomic mass is 15.2. The molecular formula is C15H14N4. The first-order valence-electron chi connectivity index (χ1n) is 5.84. The van der Waals surface area contributed by atoms with Crippen LogP contribution in [0.2, 0.25) is 0 Å². The molecule has 0 fully saturated rings. The van der Waals surface area contributed by atoms with Crippen LogP contribution in [0.1, 0.15) is 5.56 Å². The van der Waals surface area contributed by atoms with E-state index in [0.29, 0.717) is 11.5 Å². The van der Waals surface area contributed by atoms with Gasteiger partial charge >= 0.3 is 0 Å². The summed E-state index contributed by atoms with van der Waals surface area (Å²) in [6.45, 7) is 0. The number of nitrogens with two attached hydrogens (primary N) is 1. The summed E-state index contributed by atoms with van der Waals surface area (Å²) in [5.41, 5.74) is 8.18. The summed E-state index contributed by atoms with van der Waals surface area (Å²) in [5.74, 6) is 0.376. The van der Waals surface area contributed by atoms with Crippen LogP contribution in [0.3, 0.4) is 0 Å². The Morgan fingerprint density at radius 3 is 2.58 bits per heavy atom. The number of nitriles is 1. The van der Waals surface area contributed by atoms with Crippen LogP contribution in [0.15, 0.2) is 59.6 Å². The molecule has 19 heavy (non-hydrogen) atoms. The molecule has 0 heterocycles. The van der Waals surface area contributed by atoms with Crippen molar-refractivity contribution in [2.24, 2.45) is 10.7 Å². The fourth-order valence-electron chi connectivity index (χ4n) is 1.63. The molecule has 0 aliphatic carbocycles. The zero-order chi connectivity index (χ0) is 13.7. The third kappa shape index (κ3) is 3.11. The Hall–Kier alpha value is -2.80. The van der Waals surface area contributed by atoms with E-state index in [-0.39, 0.29) is 0 Å². The third-order valence-electron chi connectivity index (χ3n) is 2.71. The summed E-state index contributed by atoms with van der Waals surface area (Å²) in [7, 11) is 1.82. The van der Waals surface area contributed by atoms with Gasteiger partial charge in [0.25, 0.3) is 0 Å². The van der Waals surface area contributed by atoms with Crippen molar-refractivity contribution < 1.29 is 0 Å². The van der Waals surface area contributed by atoms with E-state index < -0.39 is 0 Å². The summed E-state index contributed by atoms with van der Waals surface area (Å²) < 4.78 is 0. The van der Waals surface area contributed by atoms with Crippen LogP contribution < -0.4 is 10.6 Å². The van der Waals surface area contributed by atoms with Crippen LogP contribution in [0.5, 0.6) is 0 Å². The molecule has 4 heteroatoms. The van der Waals surface area contributed by atoms with Gasteiger partial charge in [-0.2, -0.15) is 5.26 Å². The summed E-state index contributed by atoms with van der Waals surface area (Å²) in [5, 5.41) is 8.89. The third-order valence-corrected chi connectivity index (χ3v) is 2.71. The summed E-state index contributed by atoms with van der Waals surface area (Å²) >= 11 is 0. The van der Waals surface area contributed by atoms with Gasteiger partial charge in [0.05, 0.1) is 17.3 Å². The Kier molecular flexibility index (Phi) is 3.79. The lowest BCUT2D eigenvalue weighted by Gasteiger charge is -2.18. The molecular weight excluding hydrogens is 236 g/mol. The van der Waals surface area contributed by atoms with E-state index in [4.69, 9.17) is 11.0 Å². The molecule has 2 rings (SSSR count). The molecule has 0 atom stereocenters. The number of hydrogen-bond acceptors (Lipinski definition) is 2. The monoisotopic (exact) mass is 250 g/mol. The van der Waals surface area contributed by atoms with Crippen LogP contribution in [-0.2, 0) is 0 Å².